The van der Waals surface area contributed by atoms with Crippen LogP contribution in [0.1, 0.15) is 37.7 Å². The third-order valence-electron chi connectivity index (χ3n) is 4.87. The average Bonchev–Trinajstić information content (AvgIpc) is 3.27. The molecule has 0 radical (unpaired) electrons. The molecular weight excluding hydrogens is 368 g/mol. The number of benzene rings is 2. The van der Waals surface area contributed by atoms with Gasteiger partial charge in [0.15, 0.2) is 5.76 Å². The number of carbonyl (C=O) groups is 2. The molecule has 7 heteroatoms. The van der Waals surface area contributed by atoms with Crippen molar-refractivity contribution in [1.29, 1.82) is 0 Å². The average molecular weight is 388 g/mol. The molecule has 0 saturated carbocycles. The summed E-state index contributed by atoms with van der Waals surface area (Å²) in [5.41, 5.74) is 9.21. The summed E-state index contributed by atoms with van der Waals surface area (Å²) >= 11 is 0. The van der Waals surface area contributed by atoms with Crippen molar-refractivity contribution in [3.8, 4) is 5.69 Å². The van der Waals surface area contributed by atoms with Gasteiger partial charge in [-0.05, 0) is 39.0 Å². The number of hydrogen-bond acceptors (Lipinski definition) is 4. The minimum absolute atomic E-state index is 0.165. The first-order valence-electron chi connectivity index (χ1n) is 9.16. The molecule has 0 aliphatic rings. The van der Waals surface area contributed by atoms with Crippen LogP contribution in [0.5, 0.6) is 0 Å². The van der Waals surface area contributed by atoms with Crippen LogP contribution in [0.4, 0.5) is 0 Å². The number of nitrogens with zero attached hydrogens (tertiary/aromatic N) is 2. The lowest BCUT2D eigenvalue weighted by Crippen LogP contribution is -2.41. The van der Waals surface area contributed by atoms with E-state index < -0.39 is 11.8 Å². The molecule has 7 nitrogen and oxygen atoms in total. The summed E-state index contributed by atoms with van der Waals surface area (Å²) in [5, 5.41) is 5.15. The molecule has 2 heterocycles. The van der Waals surface area contributed by atoms with Gasteiger partial charge >= 0.3 is 5.91 Å². The molecule has 0 saturated heterocycles. The molecule has 0 spiro atoms. The first-order valence-corrected chi connectivity index (χ1v) is 9.16. The highest BCUT2D eigenvalue weighted by Crippen LogP contribution is 2.24. The summed E-state index contributed by atoms with van der Waals surface area (Å²) in [6.45, 7) is 5.61. The maximum atomic E-state index is 12.5. The lowest BCUT2D eigenvalue weighted by Gasteiger charge is -2.08. The Hall–Kier alpha value is -3.87. The Balaban J connectivity index is 1.49. The number of aromatic nitrogens is 2. The fourth-order valence-electron chi connectivity index (χ4n) is 3.21. The van der Waals surface area contributed by atoms with E-state index in [-0.39, 0.29) is 5.76 Å². The quantitative estimate of drug-likeness (QED) is 0.525. The second kappa shape index (κ2) is 7.27. The number of furan rings is 1. The van der Waals surface area contributed by atoms with Crippen LogP contribution in [0.25, 0.3) is 16.7 Å². The Morgan fingerprint density at radius 1 is 0.931 bits per heavy atom. The van der Waals surface area contributed by atoms with Gasteiger partial charge in [-0.15, -0.1) is 0 Å². The van der Waals surface area contributed by atoms with Gasteiger partial charge in [0.1, 0.15) is 5.58 Å². The van der Waals surface area contributed by atoms with Crippen molar-refractivity contribution in [1.82, 2.24) is 20.6 Å². The van der Waals surface area contributed by atoms with E-state index in [0.717, 1.165) is 22.2 Å². The van der Waals surface area contributed by atoms with Crippen LogP contribution in [-0.2, 0) is 0 Å². The second-order valence-electron chi connectivity index (χ2n) is 6.85. The number of rotatable bonds is 3. The monoisotopic (exact) mass is 388 g/mol. The molecule has 29 heavy (non-hydrogen) atoms. The van der Waals surface area contributed by atoms with Crippen molar-refractivity contribution in [2.75, 3.05) is 0 Å². The highest BCUT2D eigenvalue weighted by atomic mass is 16.3. The number of para-hydroxylation sites is 1. The molecular formula is C22H20N4O3. The Labute approximate surface area is 167 Å². The van der Waals surface area contributed by atoms with Crippen molar-refractivity contribution >= 4 is 22.8 Å². The lowest BCUT2D eigenvalue weighted by molar-refractivity contribution is 0.0831. The molecule has 0 aliphatic carbocycles. The summed E-state index contributed by atoms with van der Waals surface area (Å²) < 4.78 is 7.29. The Morgan fingerprint density at radius 2 is 1.62 bits per heavy atom. The largest absolute Gasteiger partial charge is 0.451 e. The van der Waals surface area contributed by atoms with Gasteiger partial charge in [0.05, 0.1) is 23.1 Å². The van der Waals surface area contributed by atoms with Crippen molar-refractivity contribution in [2.45, 2.75) is 20.8 Å². The minimum atomic E-state index is -0.518. The van der Waals surface area contributed by atoms with Gasteiger partial charge in [0.25, 0.3) is 5.91 Å². The molecule has 0 unspecified atom stereocenters. The zero-order valence-corrected chi connectivity index (χ0v) is 16.3. The van der Waals surface area contributed by atoms with Gasteiger partial charge < -0.3 is 4.42 Å². The summed E-state index contributed by atoms with van der Waals surface area (Å²) in [6, 6.07) is 15.2. The first kappa shape index (κ1) is 18.5. The maximum Gasteiger partial charge on any atom is 0.305 e. The summed E-state index contributed by atoms with van der Waals surface area (Å²) in [5.74, 6) is -0.808. The number of hydrogen-bond donors (Lipinski definition) is 2. The summed E-state index contributed by atoms with van der Waals surface area (Å²) in [6.07, 6.45) is 1.48. The zero-order chi connectivity index (χ0) is 20.5. The van der Waals surface area contributed by atoms with Crippen molar-refractivity contribution in [3.63, 3.8) is 0 Å². The van der Waals surface area contributed by atoms with E-state index >= 15 is 0 Å². The van der Waals surface area contributed by atoms with Gasteiger partial charge in [-0.2, -0.15) is 5.10 Å². The predicted molar refractivity (Wildman–Crippen MR) is 109 cm³/mol. The fourth-order valence-corrected chi connectivity index (χ4v) is 3.21. The minimum Gasteiger partial charge on any atom is -0.451 e. The Bertz CT molecular complexity index is 1220. The number of hydrazine groups is 1. The third kappa shape index (κ3) is 3.38. The van der Waals surface area contributed by atoms with Crippen molar-refractivity contribution in [3.05, 3.63) is 82.9 Å². The molecule has 2 N–H and O–H groups in total. The number of amides is 2. The molecule has 2 amide bonds. The fraction of sp³-hybridized carbons (Fsp3) is 0.136. The van der Waals surface area contributed by atoms with Crippen molar-refractivity contribution < 1.29 is 14.0 Å². The molecule has 0 bridgehead atoms. The first-order chi connectivity index (χ1) is 14.0. The maximum absolute atomic E-state index is 12.5. The number of nitrogens with one attached hydrogen (secondary N) is 2. The van der Waals surface area contributed by atoms with Crippen LogP contribution < -0.4 is 10.9 Å². The lowest BCUT2D eigenvalue weighted by atomic mass is 10.1. The Morgan fingerprint density at radius 3 is 2.34 bits per heavy atom. The molecule has 0 fully saturated rings. The van der Waals surface area contributed by atoms with Gasteiger partial charge in [-0.25, -0.2) is 4.68 Å². The highest BCUT2D eigenvalue weighted by Gasteiger charge is 2.20. The van der Waals surface area contributed by atoms with Crippen LogP contribution in [0.3, 0.4) is 0 Å². The number of fused-ring (bicyclic) bond motifs is 1. The normalized spacial score (nSPS) is 10.9. The second-order valence-corrected chi connectivity index (χ2v) is 6.85. The van der Waals surface area contributed by atoms with E-state index in [1.807, 2.05) is 49.4 Å². The molecule has 0 atom stereocenters. The topological polar surface area (TPSA) is 89.2 Å². The van der Waals surface area contributed by atoms with Gasteiger partial charge in [-0.3, -0.25) is 20.4 Å². The van der Waals surface area contributed by atoms with E-state index in [1.165, 1.54) is 6.20 Å². The molecule has 146 valence electrons. The van der Waals surface area contributed by atoms with Gasteiger partial charge in [-0.1, -0.05) is 35.9 Å². The van der Waals surface area contributed by atoms with Crippen LogP contribution in [0.2, 0.25) is 0 Å². The van der Waals surface area contributed by atoms with Gasteiger partial charge in [0.2, 0.25) is 0 Å². The van der Waals surface area contributed by atoms with Crippen molar-refractivity contribution in [2.24, 2.45) is 0 Å². The standard InChI is InChI=1S/C22H20N4O3/c1-13-8-10-16(11-9-13)26-15(3)18(12-23-26)21(27)24-25-22(28)20-14(2)17-6-4-5-7-19(17)29-20/h4-12H,1-3H3,(H,24,27)(H,25,28). The molecule has 2 aromatic heterocycles. The smallest absolute Gasteiger partial charge is 0.305 e. The highest BCUT2D eigenvalue weighted by molar-refractivity contribution is 6.01. The van der Waals surface area contributed by atoms with E-state index in [1.54, 1.807) is 24.6 Å². The molecule has 2 aromatic carbocycles. The van der Waals surface area contributed by atoms with Crippen LogP contribution in [0.15, 0.2) is 59.1 Å². The van der Waals surface area contributed by atoms with Crippen LogP contribution >= 0.6 is 0 Å². The van der Waals surface area contributed by atoms with E-state index in [9.17, 15) is 9.59 Å². The Kier molecular flexibility index (Phi) is 4.64. The summed E-state index contributed by atoms with van der Waals surface area (Å²) in [7, 11) is 0. The molecule has 4 aromatic rings. The molecule has 4 rings (SSSR count). The zero-order valence-electron chi connectivity index (χ0n) is 16.3. The van der Waals surface area contributed by atoms with E-state index in [0.29, 0.717) is 16.8 Å². The van der Waals surface area contributed by atoms with Gasteiger partial charge in [0, 0.05) is 10.9 Å². The van der Waals surface area contributed by atoms with E-state index in [4.69, 9.17) is 4.42 Å². The van der Waals surface area contributed by atoms with Crippen LogP contribution in [0, 0.1) is 20.8 Å². The third-order valence-corrected chi connectivity index (χ3v) is 4.87. The predicted octanol–water partition coefficient (Wildman–Crippen LogP) is 3.62. The summed E-state index contributed by atoms with van der Waals surface area (Å²) in [4.78, 5) is 25.0. The van der Waals surface area contributed by atoms with E-state index in [2.05, 4.69) is 16.0 Å². The SMILES string of the molecule is Cc1ccc(-n2ncc(C(=O)NNC(=O)c3oc4ccccc4c3C)c2C)cc1. The number of carbonyl (C=O) groups excluding carboxylic acids is 2. The van der Waals surface area contributed by atoms with Crippen LogP contribution in [-0.4, -0.2) is 21.6 Å². The molecule has 0 aliphatic heterocycles. The number of aryl methyl sites for hydroxylation is 2.